The minimum atomic E-state index is -0.414. The lowest BCUT2D eigenvalue weighted by Gasteiger charge is -2.34. The van der Waals surface area contributed by atoms with E-state index in [4.69, 9.17) is 0 Å². The number of hydrogen-bond donors (Lipinski definition) is 2. The van der Waals surface area contributed by atoms with Gasteiger partial charge in [0.25, 0.3) is 0 Å². The summed E-state index contributed by atoms with van der Waals surface area (Å²) in [6.07, 6.45) is 0. The summed E-state index contributed by atoms with van der Waals surface area (Å²) in [5.41, 5.74) is 0.911. The number of benzene rings is 1. The molecule has 5 nitrogen and oxygen atoms in total. The Morgan fingerprint density at radius 1 is 1.33 bits per heavy atom. The van der Waals surface area contributed by atoms with Crippen molar-refractivity contribution in [2.75, 3.05) is 19.6 Å². The molecule has 2 amide bonds. The summed E-state index contributed by atoms with van der Waals surface area (Å²) in [4.78, 5) is 27.8. The van der Waals surface area contributed by atoms with Gasteiger partial charge in [0, 0.05) is 18.0 Å². The summed E-state index contributed by atoms with van der Waals surface area (Å²) in [5.74, 6) is -0.113. The van der Waals surface area contributed by atoms with E-state index in [1.54, 1.807) is 11.3 Å². The summed E-state index contributed by atoms with van der Waals surface area (Å²) in [5, 5.41) is 7.90. The highest BCUT2D eigenvalue weighted by atomic mass is 32.1. The summed E-state index contributed by atoms with van der Waals surface area (Å²) >= 11 is 1.62. The minimum Gasteiger partial charge on any atom is -0.353 e. The van der Waals surface area contributed by atoms with Crippen molar-refractivity contribution in [3.63, 3.8) is 0 Å². The van der Waals surface area contributed by atoms with Crippen LogP contribution in [0.25, 0.3) is 0 Å². The second-order valence-electron chi connectivity index (χ2n) is 5.88. The lowest BCUT2D eigenvalue weighted by Crippen LogP contribution is -2.52. The zero-order chi connectivity index (χ0) is 16.9. The van der Waals surface area contributed by atoms with Gasteiger partial charge in [0.1, 0.15) is 6.04 Å². The first-order valence-electron chi connectivity index (χ1n) is 8.04. The Kier molecular flexibility index (Phi) is 5.27. The van der Waals surface area contributed by atoms with Crippen molar-refractivity contribution in [3.8, 4) is 0 Å². The maximum Gasteiger partial charge on any atom is 0.242 e. The van der Waals surface area contributed by atoms with E-state index in [0.717, 1.165) is 10.4 Å². The van der Waals surface area contributed by atoms with Crippen LogP contribution in [0.1, 0.15) is 29.4 Å². The van der Waals surface area contributed by atoms with Crippen molar-refractivity contribution >= 4 is 23.2 Å². The fourth-order valence-electron chi connectivity index (χ4n) is 2.96. The van der Waals surface area contributed by atoms with Gasteiger partial charge < -0.3 is 10.6 Å². The molecule has 1 saturated heterocycles. The molecular formula is C18H21N3O2S. The Morgan fingerprint density at radius 2 is 2.12 bits per heavy atom. The first-order valence-corrected chi connectivity index (χ1v) is 8.92. The van der Waals surface area contributed by atoms with Crippen LogP contribution in [-0.2, 0) is 9.59 Å². The van der Waals surface area contributed by atoms with E-state index in [9.17, 15) is 9.59 Å². The maximum absolute atomic E-state index is 12.4. The Balaban J connectivity index is 1.67. The van der Waals surface area contributed by atoms with Gasteiger partial charge in [-0.3, -0.25) is 14.5 Å². The number of carbonyl (C=O) groups is 2. The fourth-order valence-corrected chi connectivity index (χ4v) is 3.70. The van der Waals surface area contributed by atoms with Crippen LogP contribution >= 0.6 is 11.3 Å². The monoisotopic (exact) mass is 343 g/mol. The van der Waals surface area contributed by atoms with Crippen LogP contribution in [0.4, 0.5) is 0 Å². The van der Waals surface area contributed by atoms with E-state index >= 15 is 0 Å². The van der Waals surface area contributed by atoms with E-state index in [-0.39, 0.29) is 24.4 Å². The van der Waals surface area contributed by atoms with Gasteiger partial charge in [-0.2, -0.15) is 0 Å². The summed E-state index contributed by atoms with van der Waals surface area (Å²) in [6, 6.07) is 13.1. The van der Waals surface area contributed by atoms with Crippen molar-refractivity contribution in [3.05, 3.63) is 58.3 Å². The van der Waals surface area contributed by atoms with Crippen molar-refractivity contribution in [1.29, 1.82) is 0 Å². The van der Waals surface area contributed by atoms with Crippen molar-refractivity contribution in [2.24, 2.45) is 0 Å². The van der Waals surface area contributed by atoms with E-state index in [2.05, 4.69) is 10.6 Å². The van der Waals surface area contributed by atoms with Gasteiger partial charge in [0.2, 0.25) is 11.8 Å². The van der Waals surface area contributed by atoms with Gasteiger partial charge in [-0.15, -0.1) is 11.3 Å². The van der Waals surface area contributed by atoms with Crippen LogP contribution in [0.2, 0.25) is 0 Å². The molecule has 1 fully saturated rings. The van der Waals surface area contributed by atoms with Gasteiger partial charge in [-0.1, -0.05) is 36.4 Å². The van der Waals surface area contributed by atoms with Gasteiger partial charge in [-0.25, -0.2) is 0 Å². The first-order chi connectivity index (χ1) is 11.6. The molecule has 2 unspecified atom stereocenters. The van der Waals surface area contributed by atoms with E-state index in [1.807, 2.05) is 59.7 Å². The molecule has 2 aromatic rings. The summed E-state index contributed by atoms with van der Waals surface area (Å²) in [6.45, 7) is 3.41. The molecular weight excluding hydrogens is 322 g/mol. The van der Waals surface area contributed by atoms with Crippen molar-refractivity contribution in [2.45, 2.75) is 19.0 Å². The minimum absolute atomic E-state index is 0.0220. The molecule has 0 aliphatic carbocycles. The Hall–Kier alpha value is -2.18. The van der Waals surface area contributed by atoms with E-state index in [1.165, 1.54) is 0 Å². The second-order valence-corrected chi connectivity index (χ2v) is 6.86. The molecule has 3 rings (SSSR count). The zero-order valence-corrected chi connectivity index (χ0v) is 14.4. The van der Waals surface area contributed by atoms with Gasteiger partial charge in [0.15, 0.2) is 0 Å². The standard InChI is InChI=1S/C18H21N3O2S/c1-13(15-8-5-11-24-15)20-16(22)12-21-10-9-19-18(23)17(21)14-6-3-2-4-7-14/h2-8,11,13,17H,9-10,12H2,1H3,(H,19,23)(H,20,22). The fraction of sp³-hybridized carbons (Fsp3) is 0.333. The molecule has 0 saturated carbocycles. The number of amides is 2. The van der Waals surface area contributed by atoms with Crippen LogP contribution in [0.3, 0.4) is 0 Å². The molecule has 1 aromatic carbocycles. The zero-order valence-electron chi connectivity index (χ0n) is 13.6. The van der Waals surface area contributed by atoms with Crippen LogP contribution < -0.4 is 10.6 Å². The Labute approximate surface area is 145 Å². The topological polar surface area (TPSA) is 61.4 Å². The quantitative estimate of drug-likeness (QED) is 0.874. The highest BCUT2D eigenvalue weighted by Crippen LogP contribution is 2.23. The molecule has 1 aliphatic rings. The number of rotatable bonds is 5. The van der Waals surface area contributed by atoms with Gasteiger partial charge >= 0.3 is 0 Å². The molecule has 0 spiro atoms. The molecule has 2 N–H and O–H groups in total. The van der Waals surface area contributed by atoms with E-state index in [0.29, 0.717) is 13.1 Å². The largest absolute Gasteiger partial charge is 0.353 e. The third kappa shape index (κ3) is 3.83. The summed E-state index contributed by atoms with van der Waals surface area (Å²) < 4.78 is 0. The molecule has 0 bridgehead atoms. The number of carbonyl (C=O) groups excluding carboxylic acids is 2. The average molecular weight is 343 g/mol. The predicted octanol–water partition coefficient (Wildman–Crippen LogP) is 2.10. The molecule has 0 radical (unpaired) electrons. The Morgan fingerprint density at radius 3 is 2.83 bits per heavy atom. The van der Waals surface area contributed by atoms with Crippen LogP contribution in [-0.4, -0.2) is 36.3 Å². The Bertz CT molecular complexity index is 688. The predicted molar refractivity (Wildman–Crippen MR) is 94.6 cm³/mol. The van der Waals surface area contributed by atoms with Crippen molar-refractivity contribution < 1.29 is 9.59 Å². The number of thiophene rings is 1. The van der Waals surface area contributed by atoms with Crippen LogP contribution in [0.5, 0.6) is 0 Å². The number of hydrogen-bond acceptors (Lipinski definition) is 4. The van der Waals surface area contributed by atoms with Crippen LogP contribution in [0, 0.1) is 0 Å². The third-order valence-corrected chi connectivity index (χ3v) is 5.18. The normalized spacial score (nSPS) is 19.5. The highest BCUT2D eigenvalue weighted by Gasteiger charge is 2.32. The molecule has 24 heavy (non-hydrogen) atoms. The highest BCUT2D eigenvalue weighted by molar-refractivity contribution is 7.10. The first kappa shape index (κ1) is 16.7. The smallest absolute Gasteiger partial charge is 0.242 e. The molecule has 1 aromatic heterocycles. The number of nitrogens with zero attached hydrogens (tertiary/aromatic N) is 1. The summed E-state index contributed by atoms with van der Waals surface area (Å²) in [7, 11) is 0. The molecule has 1 aliphatic heterocycles. The van der Waals surface area contributed by atoms with E-state index < -0.39 is 6.04 Å². The lowest BCUT2D eigenvalue weighted by molar-refractivity contribution is -0.132. The molecule has 6 heteroatoms. The third-order valence-electron chi connectivity index (χ3n) is 4.12. The average Bonchev–Trinajstić information content (AvgIpc) is 3.10. The number of piperazine rings is 1. The van der Waals surface area contributed by atoms with Crippen molar-refractivity contribution in [1.82, 2.24) is 15.5 Å². The van der Waals surface area contributed by atoms with Gasteiger partial charge in [0.05, 0.1) is 12.6 Å². The maximum atomic E-state index is 12.4. The van der Waals surface area contributed by atoms with Gasteiger partial charge in [-0.05, 0) is 23.9 Å². The molecule has 2 heterocycles. The molecule has 2 atom stereocenters. The van der Waals surface area contributed by atoms with Crippen LogP contribution in [0.15, 0.2) is 47.8 Å². The lowest BCUT2D eigenvalue weighted by atomic mass is 10.0. The second kappa shape index (κ2) is 7.59. The SMILES string of the molecule is CC(NC(=O)CN1CCNC(=O)C1c1ccccc1)c1cccs1. The molecule has 126 valence electrons. The number of nitrogens with one attached hydrogen (secondary N) is 2.